The number of carbonyl (C=O) groups excluding carboxylic acids is 1. The zero-order chi connectivity index (χ0) is 26.2. The highest BCUT2D eigenvalue weighted by Crippen LogP contribution is 2.33. The summed E-state index contributed by atoms with van der Waals surface area (Å²) in [6, 6.07) is 8.52. The van der Waals surface area contributed by atoms with Crippen molar-refractivity contribution < 1.29 is 23.9 Å². The van der Waals surface area contributed by atoms with Crippen molar-refractivity contribution in [3.63, 3.8) is 0 Å². The second kappa shape index (κ2) is 9.88. The van der Waals surface area contributed by atoms with E-state index in [0.717, 1.165) is 19.3 Å². The van der Waals surface area contributed by atoms with Crippen molar-refractivity contribution in [3.05, 3.63) is 59.2 Å². The lowest BCUT2D eigenvalue weighted by Gasteiger charge is -2.22. The van der Waals surface area contributed by atoms with Gasteiger partial charge in [0.1, 0.15) is 17.9 Å². The Morgan fingerprint density at radius 1 is 1.30 bits per heavy atom. The van der Waals surface area contributed by atoms with Crippen LogP contribution in [0.1, 0.15) is 53.7 Å². The maximum atomic E-state index is 12.9. The van der Waals surface area contributed by atoms with Crippen LogP contribution in [-0.4, -0.2) is 67.8 Å². The lowest BCUT2D eigenvalue weighted by molar-refractivity contribution is -0.171. The number of aliphatic hydroxyl groups is 1. The summed E-state index contributed by atoms with van der Waals surface area (Å²) in [7, 11) is 3.31. The Hall–Kier alpha value is -3.87. The quantitative estimate of drug-likeness (QED) is 0.381. The van der Waals surface area contributed by atoms with Crippen LogP contribution < -0.4 is 5.73 Å². The highest BCUT2D eigenvalue weighted by molar-refractivity contribution is 6.05. The molecule has 12 nitrogen and oxygen atoms in total. The maximum Gasteiger partial charge on any atom is 0.274 e. The molecule has 1 amide bonds. The minimum atomic E-state index is -1.51. The highest BCUT2D eigenvalue weighted by atomic mass is 16.7. The number of nitrogen functional groups attached to an aromatic ring is 1. The van der Waals surface area contributed by atoms with E-state index in [1.54, 1.807) is 51.4 Å². The van der Waals surface area contributed by atoms with Crippen LogP contribution in [0.4, 0.5) is 5.95 Å². The minimum absolute atomic E-state index is 0.0701. The predicted octanol–water partition coefficient (Wildman–Crippen LogP) is 2.39. The number of rotatable bonds is 7. The Morgan fingerprint density at radius 2 is 2.14 bits per heavy atom. The molecule has 4 heterocycles. The molecule has 1 aliphatic rings. The van der Waals surface area contributed by atoms with Crippen LogP contribution in [0.15, 0.2) is 41.1 Å². The van der Waals surface area contributed by atoms with E-state index in [2.05, 4.69) is 20.2 Å². The SMILES string of the molecule is CN(C)C(=O)c1nn(-c2ccnc(N)n2)c2cc(C(C)(O)c3cc(COC4CCCCO4)on3)ccc12. The number of hydrogen-bond acceptors (Lipinski definition) is 10. The molecule has 1 saturated heterocycles. The molecule has 37 heavy (non-hydrogen) atoms. The number of hydrogen-bond donors (Lipinski definition) is 2. The molecule has 2 atom stereocenters. The minimum Gasteiger partial charge on any atom is -0.379 e. The number of nitrogens with zero attached hydrogens (tertiary/aromatic N) is 6. The molecular formula is C25H29N7O5. The molecule has 1 aromatic carbocycles. The monoisotopic (exact) mass is 507 g/mol. The van der Waals surface area contributed by atoms with Crippen LogP contribution >= 0.6 is 0 Å². The fourth-order valence-corrected chi connectivity index (χ4v) is 4.22. The first-order chi connectivity index (χ1) is 17.7. The third-order valence-electron chi connectivity index (χ3n) is 6.34. The van der Waals surface area contributed by atoms with Crippen molar-refractivity contribution >= 4 is 22.8 Å². The van der Waals surface area contributed by atoms with E-state index in [9.17, 15) is 9.90 Å². The van der Waals surface area contributed by atoms with Gasteiger partial charge in [0.25, 0.3) is 5.91 Å². The molecule has 5 rings (SSSR count). The Kier molecular flexibility index (Phi) is 6.63. The standard InChI is InChI=1S/C25H29N7O5/c1-25(34,19-13-16(37-30-19)14-36-21-6-4-5-11-35-21)15-7-8-17-18(12-15)32(20-9-10-27-24(26)28-20)29-22(17)23(33)31(2)3/h7-10,12-13,21,34H,4-6,11,14H2,1-3H3,(H2,26,27,28). The third kappa shape index (κ3) is 4.90. The smallest absolute Gasteiger partial charge is 0.274 e. The van der Waals surface area contributed by atoms with E-state index in [1.807, 2.05) is 0 Å². The van der Waals surface area contributed by atoms with Gasteiger partial charge in [-0.1, -0.05) is 11.2 Å². The topological polar surface area (TPSA) is 155 Å². The molecule has 0 radical (unpaired) electrons. The first-order valence-electron chi connectivity index (χ1n) is 12.0. The third-order valence-corrected chi connectivity index (χ3v) is 6.34. The van der Waals surface area contributed by atoms with Crippen LogP contribution in [0.3, 0.4) is 0 Å². The molecule has 1 aliphatic heterocycles. The number of carbonyl (C=O) groups is 1. The molecule has 0 spiro atoms. The summed E-state index contributed by atoms with van der Waals surface area (Å²) >= 11 is 0. The van der Waals surface area contributed by atoms with Gasteiger partial charge in [0.05, 0.1) is 5.52 Å². The molecule has 3 aromatic heterocycles. The number of ether oxygens (including phenoxy) is 2. The van der Waals surface area contributed by atoms with Gasteiger partial charge in [-0.25, -0.2) is 9.67 Å². The van der Waals surface area contributed by atoms with Crippen molar-refractivity contribution in [2.75, 3.05) is 26.4 Å². The van der Waals surface area contributed by atoms with Crippen LogP contribution in [0.5, 0.6) is 0 Å². The van der Waals surface area contributed by atoms with E-state index in [1.165, 1.54) is 15.8 Å². The first kappa shape index (κ1) is 24.8. The van der Waals surface area contributed by atoms with Gasteiger partial charge in [-0.15, -0.1) is 0 Å². The summed E-state index contributed by atoms with van der Waals surface area (Å²) in [6.07, 6.45) is 4.18. The van der Waals surface area contributed by atoms with Crippen LogP contribution in [0.25, 0.3) is 16.7 Å². The molecule has 3 N–H and O–H groups in total. The van der Waals surface area contributed by atoms with Crippen LogP contribution in [-0.2, 0) is 21.7 Å². The van der Waals surface area contributed by atoms with Crippen molar-refractivity contribution in [3.8, 4) is 5.82 Å². The molecule has 1 fully saturated rings. The zero-order valence-electron chi connectivity index (χ0n) is 20.9. The lowest BCUT2D eigenvalue weighted by atomic mass is 9.91. The molecule has 0 bridgehead atoms. The largest absolute Gasteiger partial charge is 0.379 e. The van der Waals surface area contributed by atoms with Crippen molar-refractivity contribution in [2.24, 2.45) is 0 Å². The zero-order valence-corrected chi connectivity index (χ0v) is 20.9. The van der Waals surface area contributed by atoms with Gasteiger partial charge in [0.2, 0.25) is 5.95 Å². The van der Waals surface area contributed by atoms with Gasteiger partial charge >= 0.3 is 0 Å². The van der Waals surface area contributed by atoms with Gasteiger partial charge in [-0.3, -0.25) is 4.79 Å². The normalized spacial score (nSPS) is 17.6. The Labute approximate surface area is 213 Å². The lowest BCUT2D eigenvalue weighted by Crippen LogP contribution is -2.23. The number of anilines is 1. The second-order valence-corrected chi connectivity index (χ2v) is 9.32. The average molecular weight is 508 g/mol. The fraction of sp³-hybridized carbons (Fsp3) is 0.400. The summed E-state index contributed by atoms with van der Waals surface area (Å²) in [4.78, 5) is 22.5. The number of aromatic nitrogens is 5. The first-order valence-corrected chi connectivity index (χ1v) is 12.0. The summed E-state index contributed by atoms with van der Waals surface area (Å²) < 4.78 is 18.3. The van der Waals surface area contributed by atoms with Gasteiger partial charge in [-0.05, 0) is 43.9 Å². The Balaban J connectivity index is 1.50. The molecule has 2 unspecified atom stereocenters. The van der Waals surface area contributed by atoms with Gasteiger partial charge in [0, 0.05) is 44.4 Å². The number of amides is 1. The Bertz CT molecular complexity index is 1420. The average Bonchev–Trinajstić information content (AvgIpc) is 3.53. The summed E-state index contributed by atoms with van der Waals surface area (Å²) in [5, 5.41) is 20.7. The summed E-state index contributed by atoms with van der Waals surface area (Å²) in [5.74, 6) is 0.665. The van der Waals surface area contributed by atoms with Crippen LogP contribution in [0.2, 0.25) is 0 Å². The van der Waals surface area contributed by atoms with E-state index in [4.69, 9.17) is 19.7 Å². The van der Waals surface area contributed by atoms with Crippen molar-refractivity contribution in [1.82, 2.24) is 29.8 Å². The van der Waals surface area contributed by atoms with E-state index >= 15 is 0 Å². The fourth-order valence-electron chi connectivity index (χ4n) is 4.22. The molecule has 0 saturated carbocycles. The maximum absolute atomic E-state index is 12.9. The van der Waals surface area contributed by atoms with Crippen molar-refractivity contribution in [2.45, 2.75) is 44.7 Å². The summed E-state index contributed by atoms with van der Waals surface area (Å²) in [6.45, 7) is 2.49. The number of fused-ring (bicyclic) bond motifs is 1. The molecule has 4 aromatic rings. The highest BCUT2D eigenvalue weighted by Gasteiger charge is 2.32. The van der Waals surface area contributed by atoms with E-state index in [-0.39, 0.29) is 30.4 Å². The van der Waals surface area contributed by atoms with Crippen molar-refractivity contribution in [1.29, 1.82) is 0 Å². The Morgan fingerprint density at radius 3 is 2.86 bits per heavy atom. The number of benzene rings is 1. The molecule has 0 aliphatic carbocycles. The molecular weight excluding hydrogens is 478 g/mol. The van der Waals surface area contributed by atoms with Gasteiger partial charge in [-0.2, -0.15) is 10.1 Å². The van der Waals surface area contributed by atoms with E-state index in [0.29, 0.717) is 40.3 Å². The van der Waals surface area contributed by atoms with E-state index < -0.39 is 5.60 Å². The van der Waals surface area contributed by atoms with Crippen LogP contribution in [0, 0.1) is 0 Å². The summed E-state index contributed by atoms with van der Waals surface area (Å²) in [5.41, 5.74) is 5.91. The number of nitrogens with two attached hydrogens (primary N) is 1. The predicted molar refractivity (Wildman–Crippen MR) is 133 cm³/mol. The van der Waals surface area contributed by atoms with Gasteiger partial charge < -0.3 is 29.7 Å². The second-order valence-electron chi connectivity index (χ2n) is 9.32. The van der Waals surface area contributed by atoms with Gasteiger partial charge in [0.15, 0.2) is 23.6 Å². The molecule has 194 valence electrons. The molecule has 12 heteroatoms.